The highest BCUT2D eigenvalue weighted by Crippen LogP contribution is 2.56. The minimum Gasteiger partial charge on any atom is -0.418 e. The van der Waals surface area contributed by atoms with Crippen molar-refractivity contribution in [2.75, 3.05) is 0 Å². The van der Waals surface area contributed by atoms with E-state index in [1.165, 1.54) is 0 Å². The maximum atomic E-state index is 9.75. The molecule has 0 aromatic heterocycles. The van der Waals surface area contributed by atoms with Gasteiger partial charge in [-0.2, -0.15) is 0 Å². The predicted octanol–water partition coefficient (Wildman–Crippen LogP) is 5.12. The first-order valence-corrected chi connectivity index (χ1v) is 7.16. The molecule has 0 heterocycles. The molecule has 0 spiro atoms. The van der Waals surface area contributed by atoms with E-state index in [2.05, 4.69) is 48.5 Å². The van der Waals surface area contributed by atoms with Crippen molar-refractivity contribution in [3.05, 3.63) is 0 Å². The summed E-state index contributed by atoms with van der Waals surface area (Å²) in [5.41, 5.74) is 1.81. The Morgan fingerprint density at radius 2 is 1.00 bits per heavy atom. The lowest BCUT2D eigenvalue weighted by molar-refractivity contribution is 0.368. The van der Waals surface area contributed by atoms with Crippen LogP contribution < -0.4 is 0 Å². The monoisotopic (exact) mass is 262 g/mol. The molecule has 0 N–H and O–H groups in total. The fourth-order valence-electron chi connectivity index (χ4n) is 2.40. The minimum absolute atomic E-state index is 0.194. The van der Waals surface area contributed by atoms with Crippen LogP contribution in [-0.4, -0.2) is 23.7 Å². The van der Waals surface area contributed by atoms with E-state index in [-0.39, 0.29) is 7.92 Å². The van der Waals surface area contributed by atoms with Gasteiger partial charge in [-0.1, -0.05) is 0 Å². The Kier molecular flexibility index (Phi) is 7.93. The molecule has 0 unspecified atom stereocenters. The van der Waals surface area contributed by atoms with Gasteiger partial charge in [-0.25, -0.2) is 0 Å². The molecule has 0 aliphatic rings. The van der Waals surface area contributed by atoms with Gasteiger partial charge in [0.15, 0.2) is 0 Å². The fourth-order valence-corrected chi connectivity index (χ4v) is 7.20. The van der Waals surface area contributed by atoms with Gasteiger partial charge in [-0.3, -0.25) is 0 Å². The van der Waals surface area contributed by atoms with Crippen molar-refractivity contribution in [1.29, 1.82) is 0 Å². The summed E-state index contributed by atoms with van der Waals surface area (Å²) in [6, 6.07) is 0. The van der Waals surface area contributed by atoms with Gasteiger partial charge in [-0.15, -0.1) is 0 Å². The lowest BCUT2D eigenvalue weighted by atomic mass is 10.3. The first kappa shape index (κ1) is 18.6. The Labute approximate surface area is 98.0 Å². The Morgan fingerprint density at radius 3 is 1.00 bits per heavy atom. The largest absolute Gasteiger partial charge is 0.673 e. The maximum Gasteiger partial charge on any atom is 0.673 e. The van der Waals surface area contributed by atoms with Crippen LogP contribution in [0.15, 0.2) is 0 Å². The van der Waals surface area contributed by atoms with E-state index < -0.39 is 7.25 Å². The molecule has 0 rings (SSSR count). The molecule has 16 heavy (non-hydrogen) atoms. The highest BCUT2D eigenvalue weighted by Gasteiger charge is 2.36. The molecule has 0 aliphatic carbocycles. The number of halogens is 4. The summed E-state index contributed by atoms with van der Waals surface area (Å²) in [5.74, 6) is 0. The van der Waals surface area contributed by atoms with Crippen LogP contribution in [0, 0.1) is 0 Å². The number of hydrogen-bond acceptors (Lipinski definition) is 0. The van der Waals surface area contributed by atoms with E-state index in [4.69, 9.17) is 0 Å². The van der Waals surface area contributed by atoms with Crippen LogP contribution in [-0.2, 0) is 0 Å². The number of rotatable bonds is 2. The van der Waals surface area contributed by atoms with Crippen molar-refractivity contribution >= 4 is 15.2 Å². The summed E-state index contributed by atoms with van der Waals surface area (Å²) >= 11 is 0. The quantitative estimate of drug-likeness (QED) is 0.368. The van der Waals surface area contributed by atoms with Gasteiger partial charge in [0.2, 0.25) is 0 Å². The average Bonchev–Trinajstić information content (AvgIpc) is 1.73. The van der Waals surface area contributed by atoms with Gasteiger partial charge in [0.1, 0.15) is 0 Å². The van der Waals surface area contributed by atoms with Crippen molar-refractivity contribution in [2.24, 2.45) is 0 Å². The Balaban J connectivity index is 0. The second-order valence-electron chi connectivity index (χ2n) is 5.51. The second kappa shape index (κ2) is 6.83. The van der Waals surface area contributed by atoms with E-state index in [9.17, 15) is 17.3 Å². The SMILES string of the molecule is CC(C)[PH+](C(C)C)C(C)(C)C.F[B-](F)(F)F. The molecule has 0 fully saturated rings. The summed E-state index contributed by atoms with van der Waals surface area (Å²) in [6.45, 7) is 16.7. The van der Waals surface area contributed by atoms with Crippen molar-refractivity contribution < 1.29 is 17.3 Å². The topological polar surface area (TPSA) is 0 Å². The molecule has 0 atom stereocenters. The Hall–Kier alpha value is 0.215. The van der Waals surface area contributed by atoms with Crippen LogP contribution in [0.1, 0.15) is 48.5 Å². The van der Waals surface area contributed by atoms with E-state index in [0.717, 1.165) is 11.3 Å². The molecule has 0 saturated carbocycles. The van der Waals surface area contributed by atoms with Crippen LogP contribution in [0.25, 0.3) is 0 Å². The third-order valence-electron chi connectivity index (χ3n) is 2.11. The zero-order valence-corrected chi connectivity index (χ0v) is 12.2. The maximum absolute atomic E-state index is 9.75. The van der Waals surface area contributed by atoms with Gasteiger partial charge < -0.3 is 17.3 Å². The van der Waals surface area contributed by atoms with Crippen molar-refractivity contribution in [2.45, 2.75) is 64.9 Å². The molecule has 0 aromatic carbocycles. The third-order valence-corrected chi connectivity index (χ3v) is 6.33. The van der Waals surface area contributed by atoms with Gasteiger partial charge in [0.25, 0.3) is 0 Å². The number of hydrogen-bond donors (Lipinski definition) is 0. The van der Waals surface area contributed by atoms with E-state index in [0.29, 0.717) is 5.16 Å². The summed E-state index contributed by atoms with van der Waals surface area (Å²) in [6.07, 6.45) is 0. The predicted molar refractivity (Wildman–Crippen MR) is 68.5 cm³/mol. The van der Waals surface area contributed by atoms with Gasteiger partial charge in [0, 0.05) is 7.92 Å². The molecule has 100 valence electrons. The molecular formula is C10H24BF4P. The first-order chi connectivity index (χ1) is 6.76. The van der Waals surface area contributed by atoms with Crippen molar-refractivity contribution in [3.63, 3.8) is 0 Å². The zero-order chi connectivity index (χ0) is 13.7. The highest BCUT2D eigenvalue weighted by molar-refractivity contribution is 7.60. The van der Waals surface area contributed by atoms with Crippen LogP contribution in [0.5, 0.6) is 0 Å². The van der Waals surface area contributed by atoms with Crippen LogP contribution in [0.3, 0.4) is 0 Å². The van der Waals surface area contributed by atoms with Gasteiger partial charge in [-0.05, 0) is 48.5 Å². The first-order valence-electron chi connectivity index (χ1n) is 5.51. The molecule has 0 amide bonds. The highest BCUT2D eigenvalue weighted by atomic mass is 31.1. The molecule has 0 aromatic rings. The fraction of sp³-hybridized carbons (Fsp3) is 1.00. The third kappa shape index (κ3) is 12.3. The van der Waals surface area contributed by atoms with Crippen molar-refractivity contribution in [1.82, 2.24) is 0 Å². The summed E-state index contributed by atoms with van der Waals surface area (Å²) in [7, 11) is -6.19. The van der Waals surface area contributed by atoms with E-state index >= 15 is 0 Å². The Bertz CT molecular complexity index is 170. The lowest BCUT2D eigenvalue weighted by Crippen LogP contribution is -2.21. The molecule has 0 nitrogen and oxygen atoms in total. The standard InChI is InChI=1S/C10H23P.BF4/c1-8(2)11(9(3)4)10(5,6)7;2-1(3,4)5/h8-9H,1-7H3;/q;-1/p+1. The Morgan fingerprint density at radius 1 is 0.812 bits per heavy atom. The molecule has 0 aliphatic heterocycles. The minimum atomic E-state index is -6.00. The van der Waals surface area contributed by atoms with Gasteiger partial charge in [0.05, 0.1) is 16.5 Å². The van der Waals surface area contributed by atoms with E-state index in [1.807, 2.05) is 0 Å². The molecule has 6 heteroatoms. The molecular weight excluding hydrogens is 238 g/mol. The van der Waals surface area contributed by atoms with Crippen LogP contribution >= 0.6 is 7.92 Å². The molecule has 0 radical (unpaired) electrons. The average molecular weight is 262 g/mol. The normalized spacial score (nSPS) is 13.1. The summed E-state index contributed by atoms with van der Waals surface area (Å²) < 4.78 is 39.0. The van der Waals surface area contributed by atoms with Crippen LogP contribution in [0.4, 0.5) is 17.3 Å². The van der Waals surface area contributed by atoms with Crippen molar-refractivity contribution in [3.8, 4) is 0 Å². The van der Waals surface area contributed by atoms with Gasteiger partial charge >= 0.3 is 7.25 Å². The van der Waals surface area contributed by atoms with Crippen LogP contribution in [0.2, 0.25) is 0 Å². The molecule has 0 bridgehead atoms. The molecule has 0 saturated heterocycles. The lowest BCUT2D eigenvalue weighted by Gasteiger charge is -2.30. The zero-order valence-electron chi connectivity index (χ0n) is 11.2. The smallest absolute Gasteiger partial charge is 0.418 e. The van der Waals surface area contributed by atoms with E-state index in [1.54, 1.807) is 0 Å². The second-order valence-corrected chi connectivity index (χ2v) is 10.2. The summed E-state index contributed by atoms with van der Waals surface area (Å²) in [4.78, 5) is 0. The summed E-state index contributed by atoms with van der Waals surface area (Å²) in [5, 5.41) is 0.562.